The van der Waals surface area contributed by atoms with Crippen LogP contribution in [0, 0.1) is 5.92 Å². The standard InChI is InChI=1S/C14H20Cl2N4.C12H17Cl2N5.C12H18ClN5.C11H15Cl2N5.C10H13Cl2N5.C10H14ClN5.C9H12ClN5.C8H10ClN5/c1-9(2)7-13(17)20-14(18)19-6-5-10-3-4-11(15)12(16)8-10;1-19(2)12(16)18-11(15)17-6-5-8-3-4-9(13)10(14)7-8;1-8(2)16-11(14)17-12(15)18(3)10-7-5-4-6-9(10)13;1-18(2)11(15)17-10(14)16-6-7-3-4-8(12)9(13)5-7;1-17(2)10(14)16-9(13)15-6-3-4-7(11)8(12)5-6;11-8-4-2-1-3-7(8)5-6-15-10(14)16-9(12)13;10-7-4-2-1-3-6(7)5-14-9(13)15-8(11)12;9-5-3-1-2-4-6(5)13-8(12)14-7(10)11/h3-4,8-9H,5-7H2,1-2H3,(H4,17,18,19,20);3-4,7H,5-6H2,1-2H3,(H4,15,16,17,18);4-8H,1-3H3,(H4,14,15,16,17);3-5H,6H2,1-2H3,(H4,14,15,16,17);3-5H,1-2H3,(H4,13,14,15,16);1-4H,5-6H2,(H6,12,13,14,15,16);1-4H,5H2,(H6,11,12,13,14,15);1-4H,(H6,10,11,12,13,14). The summed E-state index contributed by atoms with van der Waals surface area (Å²) in [7, 11) is 12.4. The second-order valence-corrected chi connectivity index (χ2v) is 33.6. The molecule has 0 atom stereocenters. The molecular formula is C86H119Cl12N39. The number of anilines is 1. The predicted molar refractivity (Wildman–Crippen MR) is 587 cm³/mol. The predicted octanol–water partition coefficient (Wildman–Crippen LogP) is 11.8. The molecule has 742 valence electrons. The number of rotatable bonds is 19. The Hall–Kier alpha value is -12.6. The van der Waals surface area contributed by atoms with Gasteiger partial charge in [-0.05, 0) is 158 Å². The van der Waals surface area contributed by atoms with E-state index in [9.17, 15) is 0 Å². The molecule has 0 aliphatic rings. The lowest BCUT2D eigenvalue weighted by atomic mass is 10.1. The Kier molecular flexibility index (Phi) is 59.6. The fourth-order valence-electron chi connectivity index (χ4n) is 9.16. The van der Waals surface area contributed by atoms with Gasteiger partial charge in [0.1, 0.15) is 5.84 Å². The molecule has 0 amide bonds. The molecule has 38 N–H and O–H groups in total. The maximum absolute atomic E-state index is 6.07. The molecule has 8 aromatic carbocycles. The van der Waals surface area contributed by atoms with Crippen molar-refractivity contribution in [3.63, 3.8) is 0 Å². The topological polar surface area (TPSA) is 705 Å². The van der Waals surface area contributed by atoms with E-state index < -0.39 is 0 Å². The van der Waals surface area contributed by atoms with Crippen molar-refractivity contribution in [3.8, 4) is 0 Å². The first kappa shape index (κ1) is 122. The molecule has 0 heterocycles. The molecule has 137 heavy (non-hydrogen) atoms. The van der Waals surface area contributed by atoms with E-state index in [1.807, 2.05) is 105 Å². The first-order valence-corrected chi connectivity index (χ1v) is 44.8. The van der Waals surface area contributed by atoms with Crippen LogP contribution in [0.15, 0.2) is 250 Å². The quantitative estimate of drug-likeness (QED) is 0.0264. The van der Waals surface area contributed by atoms with Crippen LogP contribution >= 0.6 is 139 Å². The summed E-state index contributed by atoms with van der Waals surface area (Å²) in [5.74, 6) is 2.50. The third-order valence-electron chi connectivity index (χ3n) is 15.8. The zero-order valence-corrected chi connectivity index (χ0v) is 86.2. The SMILES string of the molecule is CC(C)CC(N)=NC(N)=NCCc1ccc(Cl)c(Cl)c1.CC(C)N=C(N)N=C(N)N(C)c1ccccc1Cl.CN(C)C(N)=NC(N)=NCCc1ccc(Cl)c(Cl)c1.CN(C)C(N)=NC(N)=NCc1ccc(Cl)c(Cl)c1.CN(C)C(N)=NC(N)=Nc1ccc(Cl)c(Cl)c1.NC(N)=NC(N)=NCCc1ccccc1Cl.NC(N)=NC(N)=NCc1ccccc1Cl.NC(N)=NC(N)=Nc1ccccc1Cl. The van der Waals surface area contributed by atoms with Gasteiger partial charge >= 0.3 is 0 Å². The summed E-state index contributed by atoms with van der Waals surface area (Å²) in [5.41, 5.74) is 110. The van der Waals surface area contributed by atoms with Crippen molar-refractivity contribution in [2.24, 2.45) is 195 Å². The first-order chi connectivity index (χ1) is 64.3. The summed E-state index contributed by atoms with van der Waals surface area (Å²) in [6.07, 6.45) is 2.83. The zero-order chi connectivity index (χ0) is 104. The highest BCUT2D eigenvalue weighted by Crippen LogP contribution is 2.30. The summed E-state index contributed by atoms with van der Waals surface area (Å²) < 4.78 is 0. The minimum atomic E-state index is -0.140. The van der Waals surface area contributed by atoms with Crippen LogP contribution in [0.2, 0.25) is 60.3 Å². The smallest absolute Gasteiger partial charge is 0.223 e. The van der Waals surface area contributed by atoms with Crippen molar-refractivity contribution in [1.29, 1.82) is 0 Å². The van der Waals surface area contributed by atoms with Crippen LogP contribution in [0.4, 0.5) is 17.1 Å². The highest BCUT2D eigenvalue weighted by molar-refractivity contribution is 6.44. The average molecular weight is 2120 g/mol. The van der Waals surface area contributed by atoms with E-state index in [0.29, 0.717) is 142 Å². The molecule has 0 unspecified atom stereocenters. The summed E-state index contributed by atoms with van der Waals surface area (Å²) in [4.78, 5) is 69.5. The Morgan fingerprint density at radius 1 is 0.285 bits per heavy atom. The lowest BCUT2D eigenvalue weighted by Gasteiger charge is -2.19. The number of amidine groups is 1. The summed E-state index contributed by atoms with van der Waals surface area (Å²) in [6.45, 7) is 10.2. The molecule has 0 aliphatic carbocycles. The Morgan fingerprint density at radius 2 is 0.628 bits per heavy atom. The van der Waals surface area contributed by atoms with Gasteiger partial charge in [0.15, 0.2) is 35.8 Å². The Balaban J connectivity index is 0.000000784. The molecule has 0 saturated heterocycles. The Bertz CT molecular complexity index is 5650. The summed E-state index contributed by atoms with van der Waals surface area (Å²) >= 11 is 70.7. The second kappa shape index (κ2) is 66.7. The second-order valence-electron chi connectivity index (χ2n) is 28.7. The van der Waals surface area contributed by atoms with E-state index in [1.165, 1.54) is 0 Å². The number of nitrogens with zero attached hydrogens (tertiary/aromatic N) is 20. The third-order valence-corrected chi connectivity index (χ3v) is 20.1. The zero-order valence-electron chi connectivity index (χ0n) is 77.1. The fourth-order valence-corrected chi connectivity index (χ4v) is 11.3. The molecule has 0 fully saturated rings. The van der Waals surface area contributed by atoms with Crippen molar-refractivity contribution < 1.29 is 0 Å². The van der Waals surface area contributed by atoms with Gasteiger partial charge in [0.2, 0.25) is 53.6 Å². The minimum absolute atomic E-state index is 0.0295. The van der Waals surface area contributed by atoms with Crippen LogP contribution in [-0.2, 0) is 32.4 Å². The van der Waals surface area contributed by atoms with E-state index in [0.717, 1.165) is 44.9 Å². The van der Waals surface area contributed by atoms with Crippen molar-refractivity contribution in [3.05, 3.63) is 258 Å². The first-order valence-electron chi connectivity index (χ1n) is 40.3. The molecule has 0 spiro atoms. The lowest BCUT2D eigenvalue weighted by molar-refractivity contribution is 0.615. The number of hydrogen-bond donors (Lipinski definition) is 19. The molecule has 8 aromatic rings. The third kappa shape index (κ3) is 56.5. The van der Waals surface area contributed by atoms with Crippen LogP contribution in [0.3, 0.4) is 0 Å². The van der Waals surface area contributed by atoms with Crippen molar-refractivity contribution >= 4 is 252 Å². The van der Waals surface area contributed by atoms with Crippen molar-refractivity contribution in [2.45, 2.75) is 72.5 Å². The van der Waals surface area contributed by atoms with E-state index >= 15 is 0 Å². The molecule has 0 saturated carbocycles. The van der Waals surface area contributed by atoms with Gasteiger partial charge in [-0.15, -0.1) is 0 Å². The minimum Gasteiger partial charge on any atom is -0.387 e. The largest absolute Gasteiger partial charge is 0.387 e. The maximum Gasteiger partial charge on any atom is 0.223 e. The number of nitrogens with two attached hydrogens (primary N) is 19. The van der Waals surface area contributed by atoms with Gasteiger partial charge in [-0.2, -0.15) is 34.9 Å². The van der Waals surface area contributed by atoms with Crippen molar-refractivity contribution in [2.75, 3.05) is 73.9 Å². The van der Waals surface area contributed by atoms with Gasteiger partial charge in [0, 0.05) is 91.5 Å². The van der Waals surface area contributed by atoms with Gasteiger partial charge < -0.3 is 129 Å². The van der Waals surface area contributed by atoms with Crippen LogP contribution < -0.4 is 114 Å². The number of aliphatic imine (C=N–C) groups is 16. The Morgan fingerprint density at radius 3 is 1.05 bits per heavy atom. The average Bonchev–Trinajstić information content (AvgIpc) is 0.870. The van der Waals surface area contributed by atoms with E-state index in [-0.39, 0.29) is 83.5 Å². The molecule has 51 heteroatoms. The summed E-state index contributed by atoms with van der Waals surface area (Å²) in [6, 6.07) is 50.5. The number of benzene rings is 8. The molecule has 0 aliphatic heterocycles. The van der Waals surface area contributed by atoms with Crippen LogP contribution in [0.5, 0.6) is 0 Å². The van der Waals surface area contributed by atoms with Crippen LogP contribution in [-0.4, -0.2) is 185 Å². The molecule has 0 bridgehead atoms. The van der Waals surface area contributed by atoms with Gasteiger partial charge in [-0.3, -0.25) is 15.0 Å². The maximum atomic E-state index is 6.07. The molecule has 0 radical (unpaired) electrons. The fraction of sp³-hybridized carbons (Fsp3) is 0.256. The van der Waals surface area contributed by atoms with Crippen molar-refractivity contribution in [1.82, 2.24) is 14.7 Å². The van der Waals surface area contributed by atoms with Gasteiger partial charge in [0.05, 0.1) is 80.4 Å². The number of para-hydroxylation sites is 2. The molecular weight excluding hydrogens is 2000 g/mol. The highest BCUT2D eigenvalue weighted by atomic mass is 35.5. The van der Waals surface area contributed by atoms with E-state index in [2.05, 4.69) is 93.7 Å². The van der Waals surface area contributed by atoms with Gasteiger partial charge in [-0.25, -0.2) is 30.0 Å². The number of halogens is 12. The van der Waals surface area contributed by atoms with Gasteiger partial charge in [0.25, 0.3) is 0 Å². The van der Waals surface area contributed by atoms with Crippen LogP contribution in [0.1, 0.15) is 61.9 Å². The highest BCUT2D eigenvalue weighted by Gasteiger charge is 2.12. The Labute approximate surface area is 858 Å². The lowest BCUT2D eigenvalue weighted by Crippen LogP contribution is -2.36. The van der Waals surface area contributed by atoms with Crippen LogP contribution in [0.25, 0.3) is 0 Å². The number of guanidine groups is 15. The summed E-state index contributed by atoms with van der Waals surface area (Å²) in [5, 5.41) is 6.46. The van der Waals surface area contributed by atoms with Gasteiger partial charge in [-0.1, -0.05) is 232 Å². The molecule has 8 rings (SSSR count). The van der Waals surface area contributed by atoms with E-state index in [1.54, 1.807) is 148 Å². The normalized spacial score (nSPS) is 12.3. The molecule has 0 aromatic heterocycles. The monoisotopic (exact) mass is 2120 g/mol. The van der Waals surface area contributed by atoms with E-state index in [4.69, 9.17) is 248 Å². The number of hydrogen-bond acceptors (Lipinski definition) is 8. The molecule has 39 nitrogen and oxygen atoms in total.